The highest BCUT2D eigenvalue weighted by Crippen LogP contribution is 2.40. The number of hydrogen-bond donors (Lipinski definition) is 1. The number of unbranched alkanes of at least 4 members (excludes halogenated alkanes) is 5. The number of aliphatic hydroxyl groups excluding tert-OH is 1. The molecule has 3 aromatic rings. The molecule has 0 saturated carbocycles. The smallest absolute Gasteiger partial charge is 0.0770 e. The van der Waals surface area contributed by atoms with Gasteiger partial charge in [0.25, 0.3) is 0 Å². The molecular formula is C28H34O. The molecule has 1 heteroatoms. The maximum Gasteiger partial charge on any atom is 0.0770 e. The number of hydrogen-bond acceptors (Lipinski definition) is 1. The Morgan fingerprint density at radius 1 is 0.690 bits per heavy atom. The van der Waals surface area contributed by atoms with Crippen molar-refractivity contribution in [2.75, 3.05) is 0 Å². The van der Waals surface area contributed by atoms with E-state index in [2.05, 4.69) is 67.6 Å². The molecule has 0 heterocycles. The first kappa shape index (κ1) is 21.3. The molecule has 3 rings (SSSR count). The van der Waals surface area contributed by atoms with Crippen LogP contribution >= 0.6 is 0 Å². The SMILES string of the molecule is CCCCCCCCc1ccc(-c2ccccc2)c(-c2ccccc2)c1C(C)O. The molecule has 152 valence electrons. The number of rotatable bonds is 10. The van der Waals surface area contributed by atoms with Crippen LogP contribution in [-0.2, 0) is 6.42 Å². The van der Waals surface area contributed by atoms with Gasteiger partial charge < -0.3 is 5.11 Å². The van der Waals surface area contributed by atoms with Crippen LogP contribution in [0.25, 0.3) is 22.3 Å². The molecule has 0 saturated heterocycles. The van der Waals surface area contributed by atoms with E-state index in [-0.39, 0.29) is 0 Å². The van der Waals surface area contributed by atoms with Gasteiger partial charge in [0.15, 0.2) is 0 Å². The molecule has 1 atom stereocenters. The molecule has 0 radical (unpaired) electrons. The Morgan fingerprint density at radius 2 is 1.28 bits per heavy atom. The van der Waals surface area contributed by atoms with E-state index in [1.54, 1.807) is 0 Å². The van der Waals surface area contributed by atoms with Crippen molar-refractivity contribution in [3.63, 3.8) is 0 Å². The summed E-state index contributed by atoms with van der Waals surface area (Å²) in [7, 11) is 0. The van der Waals surface area contributed by atoms with Gasteiger partial charge in [-0.1, -0.05) is 112 Å². The Hall–Kier alpha value is -2.38. The quantitative estimate of drug-likeness (QED) is 0.350. The van der Waals surface area contributed by atoms with Gasteiger partial charge >= 0.3 is 0 Å². The van der Waals surface area contributed by atoms with Gasteiger partial charge in [-0.3, -0.25) is 0 Å². The van der Waals surface area contributed by atoms with Gasteiger partial charge in [0, 0.05) is 0 Å². The summed E-state index contributed by atoms with van der Waals surface area (Å²) in [5, 5.41) is 10.8. The maximum absolute atomic E-state index is 10.8. The van der Waals surface area contributed by atoms with Crippen LogP contribution < -0.4 is 0 Å². The van der Waals surface area contributed by atoms with E-state index in [1.807, 2.05) is 19.1 Å². The average molecular weight is 387 g/mol. The van der Waals surface area contributed by atoms with Crippen molar-refractivity contribution in [1.82, 2.24) is 0 Å². The summed E-state index contributed by atoms with van der Waals surface area (Å²) in [5.74, 6) is 0. The summed E-state index contributed by atoms with van der Waals surface area (Å²) >= 11 is 0. The van der Waals surface area contributed by atoms with Gasteiger partial charge in [-0.05, 0) is 53.1 Å². The van der Waals surface area contributed by atoms with E-state index in [0.717, 1.165) is 12.0 Å². The lowest BCUT2D eigenvalue weighted by atomic mass is 9.84. The first-order valence-corrected chi connectivity index (χ1v) is 11.2. The molecule has 0 aliphatic rings. The van der Waals surface area contributed by atoms with Crippen LogP contribution in [0.15, 0.2) is 72.8 Å². The Morgan fingerprint density at radius 3 is 1.90 bits per heavy atom. The summed E-state index contributed by atoms with van der Waals surface area (Å²) in [4.78, 5) is 0. The van der Waals surface area contributed by atoms with Crippen LogP contribution in [0.1, 0.15) is 69.6 Å². The largest absolute Gasteiger partial charge is 0.389 e. The van der Waals surface area contributed by atoms with E-state index < -0.39 is 6.10 Å². The van der Waals surface area contributed by atoms with Crippen molar-refractivity contribution in [3.05, 3.63) is 83.9 Å². The van der Waals surface area contributed by atoms with Crippen LogP contribution in [-0.4, -0.2) is 5.11 Å². The summed E-state index contributed by atoms with van der Waals surface area (Å²) in [6.07, 6.45) is 8.25. The zero-order valence-corrected chi connectivity index (χ0v) is 17.9. The Labute approximate surface area is 176 Å². The fraction of sp³-hybridized carbons (Fsp3) is 0.357. The molecule has 3 aromatic carbocycles. The highest BCUT2D eigenvalue weighted by atomic mass is 16.3. The first-order chi connectivity index (χ1) is 14.2. The highest BCUT2D eigenvalue weighted by molar-refractivity contribution is 5.86. The highest BCUT2D eigenvalue weighted by Gasteiger charge is 2.19. The van der Waals surface area contributed by atoms with Crippen LogP contribution in [0.5, 0.6) is 0 Å². The van der Waals surface area contributed by atoms with Gasteiger partial charge in [-0.2, -0.15) is 0 Å². The fourth-order valence-electron chi connectivity index (χ4n) is 4.23. The Balaban J connectivity index is 1.99. The Bertz CT molecular complexity index is 866. The third-order valence-electron chi connectivity index (χ3n) is 5.70. The summed E-state index contributed by atoms with van der Waals surface area (Å²) in [6.45, 7) is 4.16. The lowest BCUT2D eigenvalue weighted by molar-refractivity contribution is 0.198. The van der Waals surface area contributed by atoms with Crippen LogP contribution in [0.2, 0.25) is 0 Å². The van der Waals surface area contributed by atoms with E-state index in [0.29, 0.717) is 0 Å². The van der Waals surface area contributed by atoms with Gasteiger partial charge in [0.2, 0.25) is 0 Å². The predicted molar refractivity (Wildman–Crippen MR) is 125 cm³/mol. The molecule has 0 aromatic heterocycles. The third kappa shape index (κ3) is 5.58. The standard InChI is InChI=1S/C28H34O/c1-3-4-5-6-7-10-19-25-20-21-26(23-15-11-8-12-16-23)28(27(25)22(2)29)24-17-13-9-14-18-24/h8-9,11-18,20-22,29H,3-7,10,19H2,1-2H3. The summed E-state index contributed by atoms with van der Waals surface area (Å²) < 4.78 is 0. The third-order valence-corrected chi connectivity index (χ3v) is 5.70. The molecule has 0 amide bonds. The van der Waals surface area contributed by atoms with Gasteiger partial charge in [-0.25, -0.2) is 0 Å². The number of aliphatic hydroxyl groups is 1. The van der Waals surface area contributed by atoms with Crippen molar-refractivity contribution in [3.8, 4) is 22.3 Å². The first-order valence-electron chi connectivity index (χ1n) is 11.2. The van der Waals surface area contributed by atoms with Crippen molar-refractivity contribution in [1.29, 1.82) is 0 Å². The van der Waals surface area contributed by atoms with Crippen molar-refractivity contribution in [2.24, 2.45) is 0 Å². The second-order valence-electron chi connectivity index (χ2n) is 7.99. The molecule has 29 heavy (non-hydrogen) atoms. The van der Waals surface area contributed by atoms with Gasteiger partial charge in [0.1, 0.15) is 0 Å². The summed E-state index contributed by atoms with van der Waals surface area (Å²) in [5.41, 5.74) is 7.11. The topological polar surface area (TPSA) is 20.2 Å². The van der Waals surface area contributed by atoms with Crippen LogP contribution in [0.4, 0.5) is 0 Å². The molecule has 0 aliphatic carbocycles. The predicted octanol–water partition coefficient (Wildman–Crippen LogP) is 7.98. The zero-order valence-electron chi connectivity index (χ0n) is 17.9. The number of aryl methyl sites for hydroxylation is 1. The van der Waals surface area contributed by atoms with E-state index in [9.17, 15) is 5.11 Å². The molecule has 1 unspecified atom stereocenters. The van der Waals surface area contributed by atoms with Crippen molar-refractivity contribution in [2.45, 2.75) is 64.9 Å². The minimum Gasteiger partial charge on any atom is -0.389 e. The van der Waals surface area contributed by atoms with Crippen LogP contribution in [0.3, 0.4) is 0 Å². The summed E-state index contributed by atoms with van der Waals surface area (Å²) in [6, 6.07) is 25.5. The lowest BCUT2D eigenvalue weighted by Crippen LogP contribution is -2.04. The van der Waals surface area contributed by atoms with Crippen LogP contribution in [0, 0.1) is 0 Å². The molecule has 1 nitrogen and oxygen atoms in total. The molecule has 0 aliphatic heterocycles. The average Bonchev–Trinajstić information content (AvgIpc) is 2.76. The molecule has 0 bridgehead atoms. The minimum atomic E-state index is -0.496. The minimum absolute atomic E-state index is 0.496. The second-order valence-corrected chi connectivity index (χ2v) is 7.99. The Kier molecular flexibility index (Phi) is 8.07. The normalized spacial score (nSPS) is 12.1. The van der Waals surface area contributed by atoms with Gasteiger partial charge in [0.05, 0.1) is 6.10 Å². The molecule has 1 N–H and O–H groups in total. The zero-order chi connectivity index (χ0) is 20.5. The fourth-order valence-corrected chi connectivity index (χ4v) is 4.23. The van der Waals surface area contributed by atoms with E-state index in [4.69, 9.17) is 0 Å². The van der Waals surface area contributed by atoms with Crippen molar-refractivity contribution >= 4 is 0 Å². The van der Waals surface area contributed by atoms with Crippen molar-refractivity contribution < 1.29 is 5.11 Å². The number of benzene rings is 3. The molecule has 0 fully saturated rings. The van der Waals surface area contributed by atoms with E-state index in [1.165, 1.54) is 66.3 Å². The van der Waals surface area contributed by atoms with E-state index >= 15 is 0 Å². The maximum atomic E-state index is 10.8. The molecule has 0 spiro atoms. The van der Waals surface area contributed by atoms with Gasteiger partial charge in [-0.15, -0.1) is 0 Å². The second kappa shape index (κ2) is 11.0. The molecular weight excluding hydrogens is 352 g/mol. The monoisotopic (exact) mass is 386 g/mol. The lowest BCUT2D eigenvalue weighted by Gasteiger charge is -2.22.